The molecule has 2 aliphatic rings. The number of carbonyl (C=O) groups is 2. The zero-order valence-electron chi connectivity index (χ0n) is 12.4. The Labute approximate surface area is 138 Å². The lowest BCUT2D eigenvalue weighted by Gasteiger charge is -2.22. The third kappa shape index (κ3) is 3.88. The number of benzene rings is 1. The molecule has 2 saturated carbocycles. The molecule has 118 valence electrons. The highest BCUT2D eigenvalue weighted by Gasteiger charge is 2.52. The minimum Gasteiger partial charge on any atom is -0.481 e. The van der Waals surface area contributed by atoms with Gasteiger partial charge in [-0.2, -0.15) is 0 Å². The summed E-state index contributed by atoms with van der Waals surface area (Å²) >= 11 is 3.43. The summed E-state index contributed by atoms with van der Waals surface area (Å²) in [7, 11) is 0. The minimum atomic E-state index is -0.860. The van der Waals surface area contributed by atoms with E-state index in [-0.39, 0.29) is 24.8 Å². The first kappa shape index (κ1) is 15.5. The van der Waals surface area contributed by atoms with Crippen LogP contribution in [-0.2, 0) is 16.1 Å². The Morgan fingerprint density at radius 1 is 1.32 bits per heavy atom. The van der Waals surface area contributed by atoms with Gasteiger partial charge in [-0.05, 0) is 48.8 Å². The van der Waals surface area contributed by atoms with Gasteiger partial charge in [0.05, 0.1) is 6.42 Å². The molecule has 1 aromatic rings. The SMILES string of the molecule is O=C(O)CCN(Cc1cccc(Br)c1)C(=O)C1CC1C1CC1. The number of halogens is 1. The number of rotatable bonds is 7. The van der Waals surface area contributed by atoms with Gasteiger partial charge in [0.2, 0.25) is 5.91 Å². The lowest BCUT2D eigenvalue weighted by atomic mass is 10.1. The van der Waals surface area contributed by atoms with Crippen molar-refractivity contribution in [1.82, 2.24) is 4.90 Å². The minimum absolute atomic E-state index is 0.000554. The van der Waals surface area contributed by atoms with Gasteiger partial charge in [-0.25, -0.2) is 0 Å². The van der Waals surface area contributed by atoms with Crippen molar-refractivity contribution in [2.24, 2.45) is 17.8 Å². The highest BCUT2D eigenvalue weighted by Crippen LogP contribution is 2.55. The van der Waals surface area contributed by atoms with Crippen LogP contribution in [0.15, 0.2) is 28.7 Å². The van der Waals surface area contributed by atoms with Crippen LogP contribution in [0.4, 0.5) is 0 Å². The molecular formula is C17H20BrNO3. The van der Waals surface area contributed by atoms with E-state index in [0.717, 1.165) is 22.4 Å². The highest BCUT2D eigenvalue weighted by molar-refractivity contribution is 9.10. The van der Waals surface area contributed by atoms with E-state index >= 15 is 0 Å². The maximum atomic E-state index is 12.7. The first-order valence-electron chi connectivity index (χ1n) is 7.79. The Balaban J connectivity index is 1.66. The van der Waals surface area contributed by atoms with E-state index < -0.39 is 5.97 Å². The molecule has 2 fully saturated rings. The second kappa shape index (κ2) is 6.41. The molecule has 22 heavy (non-hydrogen) atoms. The third-order valence-electron chi connectivity index (χ3n) is 4.55. The number of carbonyl (C=O) groups excluding carboxylic acids is 1. The molecule has 2 atom stereocenters. The van der Waals surface area contributed by atoms with E-state index in [2.05, 4.69) is 15.9 Å². The van der Waals surface area contributed by atoms with E-state index in [0.29, 0.717) is 12.5 Å². The van der Waals surface area contributed by atoms with E-state index in [1.165, 1.54) is 12.8 Å². The monoisotopic (exact) mass is 365 g/mol. The lowest BCUT2D eigenvalue weighted by Crippen LogP contribution is -2.34. The van der Waals surface area contributed by atoms with Gasteiger partial charge in [-0.15, -0.1) is 0 Å². The van der Waals surface area contributed by atoms with Crippen LogP contribution in [-0.4, -0.2) is 28.4 Å². The third-order valence-corrected chi connectivity index (χ3v) is 5.05. The van der Waals surface area contributed by atoms with Gasteiger partial charge in [0.15, 0.2) is 0 Å². The molecule has 2 unspecified atom stereocenters. The quantitative estimate of drug-likeness (QED) is 0.806. The summed E-state index contributed by atoms with van der Waals surface area (Å²) in [4.78, 5) is 25.3. The van der Waals surface area contributed by atoms with E-state index in [9.17, 15) is 9.59 Å². The Bertz CT molecular complexity index is 585. The molecule has 0 saturated heterocycles. The molecule has 0 bridgehead atoms. The number of nitrogens with zero attached hydrogens (tertiary/aromatic N) is 1. The molecule has 1 amide bonds. The molecule has 1 N–H and O–H groups in total. The van der Waals surface area contributed by atoms with Gasteiger partial charge in [-0.3, -0.25) is 9.59 Å². The summed E-state index contributed by atoms with van der Waals surface area (Å²) in [5, 5.41) is 8.91. The summed E-state index contributed by atoms with van der Waals surface area (Å²) in [5.74, 6) is 0.719. The normalized spacial score (nSPS) is 23.1. The molecule has 0 spiro atoms. The lowest BCUT2D eigenvalue weighted by molar-refractivity contribution is -0.139. The van der Waals surface area contributed by atoms with Crippen LogP contribution in [0.25, 0.3) is 0 Å². The second-order valence-corrected chi connectivity index (χ2v) is 7.29. The Kier molecular flexibility index (Phi) is 4.52. The first-order valence-corrected chi connectivity index (χ1v) is 8.59. The summed E-state index contributed by atoms with van der Waals surface area (Å²) in [6.45, 7) is 0.772. The van der Waals surface area contributed by atoms with Crippen LogP contribution in [0.3, 0.4) is 0 Å². The highest BCUT2D eigenvalue weighted by atomic mass is 79.9. The largest absolute Gasteiger partial charge is 0.481 e. The van der Waals surface area contributed by atoms with Gasteiger partial charge in [0, 0.05) is 23.5 Å². The van der Waals surface area contributed by atoms with Gasteiger partial charge >= 0.3 is 5.97 Å². The van der Waals surface area contributed by atoms with Gasteiger partial charge in [-0.1, -0.05) is 28.1 Å². The van der Waals surface area contributed by atoms with Crippen molar-refractivity contribution in [3.05, 3.63) is 34.3 Å². The molecule has 3 rings (SSSR count). The fraction of sp³-hybridized carbons (Fsp3) is 0.529. The number of hydrogen-bond acceptors (Lipinski definition) is 2. The molecule has 0 aliphatic heterocycles. The number of hydrogen-bond donors (Lipinski definition) is 1. The van der Waals surface area contributed by atoms with Crippen molar-refractivity contribution < 1.29 is 14.7 Å². The van der Waals surface area contributed by atoms with Crippen molar-refractivity contribution in [1.29, 1.82) is 0 Å². The smallest absolute Gasteiger partial charge is 0.305 e. The summed E-state index contributed by atoms with van der Waals surface area (Å²) in [5.41, 5.74) is 1.02. The number of carboxylic acid groups (broad SMARTS) is 1. The molecular weight excluding hydrogens is 346 g/mol. The standard InChI is InChI=1S/C17H20BrNO3/c18-13-3-1-2-11(8-13)10-19(7-6-16(20)21)17(22)15-9-14(15)12-4-5-12/h1-3,8,12,14-15H,4-7,9-10H2,(H,20,21). The number of amides is 1. The maximum Gasteiger partial charge on any atom is 0.305 e. The van der Waals surface area contributed by atoms with Gasteiger partial charge in [0.1, 0.15) is 0 Å². The zero-order chi connectivity index (χ0) is 15.7. The fourth-order valence-corrected chi connectivity index (χ4v) is 3.58. The Morgan fingerprint density at radius 3 is 2.73 bits per heavy atom. The average Bonchev–Trinajstić information content (AvgIpc) is 3.35. The Morgan fingerprint density at radius 2 is 2.09 bits per heavy atom. The summed E-state index contributed by atoms with van der Waals surface area (Å²) in [6, 6.07) is 7.82. The van der Waals surface area contributed by atoms with Crippen LogP contribution < -0.4 is 0 Å². The molecule has 0 radical (unpaired) electrons. The second-order valence-electron chi connectivity index (χ2n) is 6.38. The molecule has 5 heteroatoms. The molecule has 2 aliphatic carbocycles. The van der Waals surface area contributed by atoms with Crippen molar-refractivity contribution in [3.8, 4) is 0 Å². The van der Waals surface area contributed by atoms with Crippen LogP contribution >= 0.6 is 15.9 Å². The number of carboxylic acids is 1. The molecule has 0 aromatic heterocycles. The van der Waals surface area contributed by atoms with Crippen LogP contribution in [0, 0.1) is 17.8 Å². The van der Waals surface area contributed by atoms with Crippen molar-refractivity contribution in [2.75, 3.05) is 6.54 Å². The van der Waals surface area contributed by atoms with Gasteiger partial charge in [0.25, 0.3) is 0 Å². The average molecular weight is 366 g/mol. The van der Waals surface area contributed by atoms with Crippen molar-refractivity contribution in [3.63, 3.8) is 0 Å². The Hall–Kier alpha value is -1.36. The van der Waals surface area contributed by atoms with E-state index in [4.69, 9.17) is 5.11 Å². The molecule has 1 aromatic carbocycles. The van der Waals surface area contributed by atoms with E-state index in [1.807, 2.05) is 24.3 Å². The fourth-order valence-electron chi connectivity index (χ4n) is 3.13. The predicted octanol–water partition coefficient (Wildman–Crippen LogP) is 3.30. The molecule has 0 heterocycles. The predicted molar refractivity (Wildman–Crippen MR) is 86.1 cm³/mol. The van der Waals surface area contributed by atoms with Crippen LogP contribution in [0.5, 0.6) is 0 Å². The topological polar surface area (TPSA) is 57.6 Å². The molecule has 4 nitrogen and oxygen atoms in total. The maximum absolute atomic E-state index is 12.7. The van der Waals surface area contributed by atoms with Crippen LogP contribution in [0.2, 0.25) is 0 Å². The van der Waals surface area contributed by atoms with Crippen molar-refractivity contribution >= 4 is 27.8 Å². The first-order chi connectivity index (χ1) is 10.5. The van der Waals surface area contributed by atoms with Crippen LogP contribution in [0.1, 0.15) is 31.2 Å². The van der Waals surface area contributed by atoms with Crippen molar-refractivity contribution in [2.45, 2.75) is 32.2 Å². The number of aliphatic carboxylic acids is 1. The zero-order valence-corrected chi connectivity index (χ0v) is 14.0. The van der Waals surface area contributed by atoms with E-state index in [1.54, 1.807) is 4.90 Å². The summed E-state index contributed by atoms with van der Waals surface area (Å²) in [6.07, 6.45) is 3.51. The summed E-state index contributed by atoms with van der Waals surface area (Å²) < 4.78 is 0.970. The van der Waals surface area contributed by atoms with Gasteiger partial charge < -0.3 is 10.0 Å².